The first-order valence-electron chi connectivity index (χ1n) is 10.1. The highest BCUT2D eigenvalue weighted by Gasteiger charge is 2.31. The van der Waals surface area contributed by atoms with Crippen molar-refractivity contribution in [1.29, 1.82) is 0 Å². The summed E-state index contributed by atoms with van der Waals surface area (Å²) in [6.07, 6.45) is 9.17. The second-order valence-corrected chi connectivity index (χ2v) is 9.46. The van der Waals surface area contributed by atoms with E-state index in [4.69, 9.17) is 15.7 Å². The summed E-state index contributed by atoms with van der Waals surface area (Å²) in [4.78, 5) is 0.549. The van der Waals surface area contributed by atoms with Crippen molar-refractivity contribution in [2.24, 2.45) is 11.8 Å². The first-order valence-corrected chi connectivity index (χ1v) is 10.9. The predicted molar refractivity (Wildman–Crippen MR) is 111 cm³/mol. The van der Waals surface area contributed by atoms with Crippen LogP contribution in [0, 0.1) is 23.5 Å². The van der Waals surface area contributed by atoms with E-state index in [0.717, 1.165) is 55.9 Å². The smallest absolute Gasteiger partial charge is 0.135 e. The normalized spacial score (nSPS) is 29.0. The van der Waals surface area contributed by atoms with Gasteiger partial charge in [-0.3, -0.25) is 0 Å². The van der Waals surface area contributed by atoms with Crippen LogP contribution in [-0.2, 0) is 0 Å². The van der Waals surface area contributed by atoms with Crippen LogP contribution in [0.25, 0.3) is 10.4 Å². The summed E-state index contributed by atoms with van der Waals surface area (Å²) in [5.41, 5.74) is 0.857. The van der Waals surface area contributed by atoms with Gasteiger partial charge in [0.15, 0.2) is 0 Å². The fraction of sp³-hybridized carbons (Fsp3) is 0.545. The van der Waals surface area contributed by atoms with Gasteiger partial charge in [0, 0.05) is 4.88 Å². The minimum Gasteiger partial charge on any atom is -0.206 e. The van der Waals surface area contributed by atoms with E-state index in [2.05, 4.69) is 0 Å². The molecule has 0 atom stereocenters. The van der Waals surface area contributed by atoms with E-state index in [0.29, 0.717) is 15.5 Å². The van der Waals surface area contributed by atoms with Gasteiger partial charge >= 0.3 is 0 Å². The van der Waals surface area contributed by atoms with Crippen molar-refractivity contribution in [3.05, 3.63) is 41.5 Å². The van der Waals surface area contributed by atoms with E-state index in [1.54, 1.807) is 24.3 Å². The highest BCUT2D eigenvalue weighted by atomic mass is 32.1. The number of hydrogen-bond donors (Lipinski definition) is 0. The van der Waals surface area contributed by atoms with Crippen LogP contribution in [0.3, 0.4) is 0 Å². The molecule has 4 radical (unpaired) electrons. The van der Waals surface area contributed by atoms with Crippen molar-refractivity contribution >= 4 is 31.8 Å². The van der Waals surface area contributed by atoms with Crippen molar-refractivity contribution in [3.8, 4) is 10.4 Å². The SMILES string of the molecule is [B]c1ccc(-c2c(F)cc(C3CCC(C4CCC([B])CC4)CC3)cc2F)s1. The molecule has 0 N–H and O–H groups in total. The summed E-state index contributed by atoms with van der Waals surface area (Å²) >= 11 is 1.22. The number of rotatable bonds is 3. The van der Waals surface area contributed by atoms with E-state index in [9.17, 15) is 8.78 Å². The van der Waals surface area contributed by atoms with Crippen LogP contribution in [0.1, 0.15) is 62.8 Å². The van der Waals surface area contributed by atoms with E-state index in [-0.39, 0.29) is 11.5 Å². The average molecular weight is 380 g/mol. The number of thiophene rings is 1. The van der Waals surface area contributed by atoms with Crippen LogP contribution < -0.4 is 4.78 Å². The van der Waals surface area contributed by atoms with Gasteiger partial charge in [-0.1, -0.05) is 37.6 Å². The van der Waals surface area contributed by atoms with Crippen molar-refractivity contribution < 1.29 is 8.78 Å². The summed E-state index contributed by atoms with van der Waals surface area (Å²) in [5, 5.41) is 0. The summed E-state index contributed by atoms with van der Waals surface area (Å²) < 4.78 is 29.9. The molecule has 27 heavy (non-hydrogen) atoms. The fourth-order valence-corrected chi connectivity index (χ4v) is 5.91. The molecule has 138 valence electrons. The molecular formula is C22H24B2F2S. The van der Waals surface area contributed by atoms with Gasteiger partial charge in [-0.15, -0.1) is 0 Å². The Balaban J connectivity index is 1.44. The highest BCUT2D eigenvalue weighted by Crippen LogP contribution is 2.45. The van der Waals surface area contributed by atoms with E-state index < -0.39 is 11.6 Å². The maximum atomic E-state index is 14.7. The Morgan fingerprint density at radius 3 is 1.89 bits per heavy atom. The van der Waals surface area contributed by atoms with Gasteiger partial charge in [-0.05, 0) is 72.0 Å². The monoisotopic (exact) mass is 380 g/mol. The lowest BCUT2D eigenvalue weighted by Crippen LogP contribution is -2.24. The van der Waals surface area contributed by atoms with Crippen molar-refractivity contribution in [1.82, 2.24) is 0 Å². The maximum absolute atomic E-state index is 14.7. The number of halogens is 2. The largest absolute Gasteiger partial charge is 0.206 e. The van der Waals surface area contributed by atoms with Gasteiger partial charge in [0.25, 0.3) is 0 Å². The van der Waals surface area contributed by atoms with Crippen LogP contribution in [0.15, 0.2) is 24.3 Å². The third-order valence-corrected chi connectivity index (χ3v) is 7.60. The highest BCUT2D eigenvalue weighted by molar-refractivity contribution is 7.23. The molecule has 1 aromatic heterocycles. The van der Waals surface area contributed by atoms with E-state index in [1.165, 1.54) is 24.2 Å². The zero-order chi connectivity index (χ0) is 19.0. The molecule has 1 aromatic carbocycles. The topological polar surface area (TPSA) is 0 Å². The quantitative estimate of drug-likeness (QED) is 0.581. The van der Waals surface area contributed by atoms with Gasteiger partial charge in [0.05, 0.1) is 13.4 Å². The Bertz CT molecular complexity index is 764. The van der Waals surface area contributed by atoms with Crippen molar-refractivity contribution in [3.63, 3.8) is 0 Å². The summed E-state index contributed by atoms with van der Waals surface area (Å²) in [6.45, 7) is 0. The zero-order valence-corrected chi connectivity index (χ0v) is 16.4. The standard InChI is InChI=1S/C22H24B2F2S/c23-17-7-5-14(6-8-17)13-1-3-15(4-2-13)16-11-18(25)22(19(26)12-16)20-9-10-21(24)27-20/h9-15,17H,1-8H2. The van der Waals surface area contributed by atoms with Gasteiger partial charge in [-0.25, -0.2) is 8.78 Å². The molecule has 2 aliphatic carbocycles. The van der Waals surface area contributed by atoms with Crippen LogP contribution in [0.2, 0.25) is 5.82 Å². The van der Waals surface area contributed by atoms with Crippen molar-refractivity contribution in [2.45, 2.75) is 63.1 Å². The Kier molecular flexibility index (Phi) is 5.78. The van der Waals surface area contributed by atoms with Crippen molar-refractivity contribution in [2.75, 3.05) is 0 Å². The second-order valence-electron chi connectivity index (χ2n) is 8.35. The lowest BCUT2D eigenvalue weighted by molar-refractivity contribution is 0.186. The Morgan fingerprint density at radius 2 is 1.37 bits per heavy atom. The van der Waals surface area contributed by atoms with Crippen LogP contribution in [-0.4, -0.2) is 15.7 Å². The average Bonchev–Trinajstić information content (AvgIpc) is 3.08. The van der Waals surface area contributed by atoms with Crippen LogP contribution >= 0.6 is 11.3 Å². The lowest BCUT2D eigenvalue weighted by Gasteiger charge is -2.37. The molecule has 0 spiro atoms. The Morgan fingerprint density at radius 1 is 0.815 bits per heavy atom. The molecule has 2 aromatic rings. The second kappa shape index (κ2) is 8.11. The zero-order valence-electron chi connectivity index (χ0n) is 15.6. The molecule has 2 saturated carbocycles. The van der Waals surface area contributed by atoms with Crippen LogP contribution in [0.5, 0.6) is 0 Å². The van der Waals surface area contributed by atoms with Crippen LogP contribution in [0.4, 0.5) is 8.78 Å². The number of benzene rings is 1. The molecule has 1 heterocycles. The summed E-state index contributed by atoms with van der Waals surface area (Å²) in [6, 6.07) is 6.45. The molecule has 4 rings (SSSR count). The molecule has 0 amide bonds. The van der Waals surface area contributed by atoms with E-state index in [1.807, 2.05) is 0 Å². The molecule has 0 saturated heterocycles. The lowest BCUT2D eigenvalue weighted by atomic mass is 9.65. The summed E-state index contributed by atoms with van der Waals surface area (Å²) in [5.74, 6) is 1.26. The molecule has 2 fully saturated rings. The maximum Gasteiger partial charge on any atom is 0.135 e. The first kappa shape index (κ1) is 19.2. The van der Waals surface area contributed by atoms with E-state index >= 15 is 0 Å². The summed E-state index contributed by atoms with van der Waals surface area (Å²) in [7, 11) is 11.7. The predicted octanol–water partition coefficient (Wildman–Crippen LogP) is 5.91. The fourth-order valence-electron chi connectivity index (χ4n) is 5.09. The third-order valence-electron chi connectivity index (χ3n) is 6.66. The minimum atomic E-state index is -0.477. The van der Waals surface area contributed by atoms with Gasteiger partial charge in [0.1, 0.15) is 19.5 Å². The van der Waals surface area contributed by atoms with Gasteiger partial charge in [-0.2, -0.15) is 11.3 Å². The molecule has 5 heteroatoms. The van der Waals surface area contributed by atoms with Gasteiger partial charge < -0.3 is 0 Å². The first-order chi connectivity index (χ1) is 13.0. The Labute approximate surface area is 167 Å². The molecule has 0 nitrogen and oxygen atoms in total. The minimum absolute atomic E-state index is 0.0488. The molecule has 0 unspecified atom stereocenters. The molecular weight excluding hydrogens is 356 g/mol. The number of hydrogen-bond acceptors (Lipinski definition) is 1. The molecule has 0 bridgehead atoms. The molecule has 0 aliphatic heterocycles. The third kappa shape index (κ3) is 4.18. The molecule has 2 aliphatic rings. The van der Waals surface area contributed by atoms with Gasteiger partial charge in [0.2, 0.25) is 0 Å². The Hall–Kier alpha value is -1.09.